The van der Waals surface area contributed by atoms with Gasteiger partial charge in [-0.05, 0) is 35.9 Å². The summed E-state index contributed by atoms with van der Waals surface area (Å²) in [4.78, 5) is 0. The van der Waals surface area contributed by atoms with Crippen molar-refractivity contribution >= 4 is 0 Å². The molecule has 120 valence electrons. The molecule has 0 aliphatic carbocycles. The van der Waals surface area contributed by atoms with Gasteiger partial charge in [0.1, 0.15) is 0 Å². The fourth-order valence-corrected chi connectivity index (χ4v) is 3.34. The van der Waals surface area contributed by atoms with E-state index < -0.39 is 0 Å². The van der Waals surface area contributed by atoms with Gasteiger partial charge < -0.3 is 5.32 Å². The first kappa shape index (κ1) is 18.2. The van der Waals surface area contributed by atoms with E-state index in [-0.39, 0.29) is 5.41 Å². The summed E-state index contributed by atoms with van der Waals surface area (Å²) in [5.74, 6) is 0. The van der Waals surface area contributed by atoms with Crippen LogP contribution in [0.15, 0.2) is 24.3 Å². The number of hydrogen-bond acceptors (Lipinski definition) is 1. The van der Waals surface area contributed by atoms with Crippen molar-refractivity contribution in [3.63, 3.8) is 0 Å². The Hall–Kier alpha value is -0.820. The summed E-state index contributed by atoms with van der Waals surface area (Å²) in [5, 5.41) is 3.60. The van der Waals surface area contributed by atoms with Crippen LogP contribution in [0.3, 0.4) is 0 Å². The highest BCUT2D eigenvalue weighted by Crippen LogP contribution is 2.35. The van der Waals surface area contributed by atoms with Gasteiger partial charge in [0.05, 0.1) is 0 Å². The van der Waals surface area contributed by atoms with Crippen molar-refractivity contribution in [2.24, 2.45) is 0 Å². The molecule has 0 bridgehead atoms. The van der Waals surface area contributed by atoms with Gasteiger partial charge >= 0.3 is 0 Å². The van der Waals surface area contributed by atoms with Crippen molar-refractivity contribution in [1.82, 2.24) is 5.32 Å². The minimum Gasteiger partial charge on any atom is -0.316 e. The van der Waals surface area contributed by atoms with E-state index in [1.807, 2.05) is 0 Å². The molecule has 0 unspecified atom stereocenters. The Morgan fingerprint density at radius 3 is 1.67 bits per heavy atom. The van der Waals surface area contributed by atoms with E-state index in [4.69, 9.17) is 0 Å². The van der Waals surface area contributed by atoms with Crippen molar-refractivity contribution in [1.29, 1.82) is 0 Å². The molecule has 0 amide bonds. The third-order valence-electron chi connectivity index (χ3n) is 4.53. The average Bonchev–Trinajstić information content (AvgIpc) is 2.44. The van der Waals surface area contributed by atoms with Gasteiger partial charge in [0.2, 0.25) is 0 Å². The number of benzene rings is 1. The monoisotopic (exact) mass is 289 g/mol. The largest absolute Gasteiger partial charge is 0.316 e. The Labute approximate surface area is 132 Å². The van der Waals surface area contributed by atoms with Gasteiger partial charge in [0, 0.05) is 12.0 Å². The Morgan fingerprint density at radius 1 is 0.810 bits per heavy atom. The minimum absolute atomic E-state index is 0.234. The molecule has 1 heteroatoms. The third kappa shape index (κ3) is 4.85. The first-order valence-corrected chi connectivity index (χ1v) is 8.71. The quantitative estimate of drug-likeness (QED) is 0.672. The summed E-state index contributed by atoms with van der Waals surface area (Å²) >= 11 is 0. The molecule has 1 rings (SSSR count). The molecule has 0 spiro atoms. The summed E-state index contributed by atoms with van der Waals surface area (Å²) in [5.41, 5.74) is 3.48. The number of likely N-dealkylation sites (N-methyl/N-ethyl adjacent to an activating group) is 1. The molecule has 0 fully saturated rings. The van der Waals surface area contributed by atoms with Gasteiger partial charge in [-0.1, -0.05) is 78.6 Å². The van der Waals surface area contributed by atoms with Gasteiger partial charge in [-0.15, -0.1) is 0 Å². The summed E-state index contributed by atoms with van der Waals surface area (Å²) in [6, 6.07) is 9.43. The summed E-state index contributed by atoms with van der Waals surface area (Å²) < 4.78 is 0. The molecule has 21 heavy (non-hydrogen) atoms. The van der Waals surface area contributed by atoms with Crippen LogP contribution in [0.1, 0.15) is 78.4 Å². The van der Waals surface area contributed by atoms with Crippen LogP contribution < -0.4 is 5.32 Å². The van der Waals surface area contributed by atoms with Crippen LogP contribution in [0.4, 0.5) is 0 Å². The van der Waals surface area contributed by atoms with Gasteiger partial charge in [-0.25, -0.2) is 0 Å². The first-order valence-electron chi connectivity index (χ1n) is 8.71. The van der Waals surface area contributed by atoms with Crippen molar-refractivity contribution in [2.75, 3.05) is 13.1 Å². The first-order chi connectivity index (χ1) is 9.89. The van der Waals surface area contributed by atoms with E-state index in [9.17, 15) is 0 Å². The number of rotatable bonds is 8. The van der Waals surface area contributed by atoms with Gasteiger partial charge in [-0.2, -0.15) is 0 Å². The molecule has 0 atom stereocenters. The second-order valence-corrected chi connectivity index (χ2v) is 7.39. The lowest BCUT2D eigenvalue weighted by Gasteiger charge is -2.35. The Kier molecular flexibility index (Phi) is 6.93. The van der Waals surface area contributed by atoms with Crippen LogP contribution in [0, 0.1) is 0 Å². The van der Waals surface area contributed by atoms with Crippen molar-refractivity contribution in [2.45, 2.75) is 78.1 Å². The maximum atomic E-state index is 3.60. The summed E-state index contributed by atoms with van der Waals surface area (Å²) in [7, 11) is 0. The van der Waals surface area contributed by atoms with E-state index in [1.165, 1.54) is 36.8 Å². The zero-order valence-corrected chi connectivity index (χ0v) is 15.1. The fourth-order valence-electron chi connectivity index (χ4n) is 3.34. The number of hydrogen-bond donors (Lipinski definition) is 1. The molecule has 1 N–H and O–H groups in total. The van der Waals surface area contributed by atoms with E-state index in [2.05, 4.69) is 71.1 Å². The fraction of sp³-hybridized carbons (Fsp3) is 0.700. The lowest BCUT2D eigenvalue weighted by atomic mass is 9.72. The highest BCUT2D eigenvalue weighted by atomic mass is 14.9. The highest BCUT2D eigenvalue weighted by Gasteiger charge is 2.30. The van der Waals surface area contributed by atoms with E-state index >= 15 is 0 Å². The normalized spacial score (nSPS) is 12.7. The standard InChI is InChI=1S/C20H35N/c1-7-14-20(15-8-2,16-21-9-3)18-12-10-17(11-13-18)19(4,5)6/h10-13,21H,7-9,14-16H2,1-6H3. The SMILES string of the molecule is CCCC(CCC)(CNCC)c1ccc(C(C)(C)C)cc1. The highest BCUT2D eigenvalue weighted by molar-refractivity contribution is 5.32. The van der Waals surface area contributed by atoms with E-state index in [0.717, 1.165) is 13.1 Å². The molecule has 1 aromatic rings. The number of nitrogens with one attached hydrogen (secondary N) is 1. The third-order valence-corrected chi connectivity index (χ3v) is 4.53. The van der Waals surface area contributed by atoms with Crippen LogP contribution in [0.2, 0.25) is 0 Å². The summed E-state index contributed by atoms with van der Waals surface area (Å²) in [6.45, 7) is 15.8. The molecule has 0 radical (unpaired) electrons. The van der Waals surface area contributed by atoms with E-state index in [0.29, 0.717) is 5.41 Å². The second-order valence-electron chi connectivity index (χ2n) is 7.39. The molecule has 0 saturated carbocycles. The predicted molar refractivity (Wildman–Crippen MR) is 95.2 cm³/mol. The van der Waals surface area contributed by atoms with Crippen LogP contribution in [-0.4, -0.2) is 13.1 Å². The zero-order chi connectivity index (χ0) is 15.9. The summed E-state index contributed by atoms with van der Waals surface area (Å²) in [6.07, 6.45) is 5.02. The Bertz CT molecular complexity index is 391. The van der Waals surface area contributed by atoms with Crippen LogP contribution in [0.5, 0.6) is 0 Å². The molecule has 1 nitrogen and oxygen atoms in total. The second kappa shape index (κ2) is 7.98. The molecule has 0 aromatic heterocycles. The zero-order valence-electron chi connectivity index (χ0n) is 15.1. The minimum atomic E-state index is 0.234. The molecule has 0 saturated heterocycles. The smallest absolute Gasteiger partial charge is 0.00775 e. The Morgan fingerprint density at radius 2 is 1.29 bits per heavy atom. The van der Waals surface area contributed by atoms with Gasteiger partial charge in [-0.3, -0.25) is 0 Å². The maximum Gasteiger partial charge on any atom is 0.00775 e. The Balaban J connectivity index is 3.11. The molecular weight excluding hydrogens is 254 g/mol. The molecule has 1 aromatic carbocycles. The van der Waals surface area contributed by atoms with Gasteiger partial charge in [0.15, 0.2) is 0 Å². The van der Waals surface area contributed by atoms with Crippen molar-refractivity contribution < 1.29 is 0 Å². The van der Waals surface area contributed by atoms with Crippen LogP contribution >= 0.6 is 0 Å². The van der Waals surface area contributed by atoms with Crippen molar-refractivity contribution in [3.8, 4) is 0 Å². The topological polar surface area (TPSA) is 12.0 Å². The molecule has 0 aliphatic rings. The maximum absolute atomic E-state index is 3.60. The van der Waals surface area contributed by atoms with Gasteiger partial charge in [0.25, 0.3) is 0 Å². The van der Waals surface area contributed by atoms with Crippen LogP contribution in [0.25, 0.3) is 0 Å². The average molecular weight is 290 g/mol. The van der Waals surface area contributed by atoms with Crippen molar-refractivity contribution in [3.05, 3.63) is 35.4 Å². The predicted octanol–water partition coefficient (Wildman–Crippen LogP) is 5.43. The van der Waals surface area contributed by atoms with Crippen LogP contribution in [-0.2, 0) is 10.8 Å². The molecule has 0 aliphatic heterocycles. The molecular formula is C20H35N. The molecule has 0 heterocycles. The lowest BCUT2D eigenvalue weighted by Crippen LogP contribution is -2.38. The van der Waals surface area contributed by atoms with E-state index in [1.54, 1.807) is 0 Å². The lowest BCUT2D eigenvalue weighted by molar-refractivity contribution is 0.338.